The fraction of sp³-hybridized carbons (Fsp3) is 0.316. The molecule has 152 valence electrons. The molecule has 0 spiro atoms. The molecule has 1 fully saturated rings. The minimum atomic E-state index is -1.59. The average molecular weight is 415 g/mol. The first kappa shape index (κ1) is 19.3. The van der Waals surface area contributed by atoms with E-state index in [2.05, 4.69) is 14.1 Å². The number of pyridine rings is 1. The van der Waals surface area contributed by atoms with Crippen LogP contribution in [0.4, 0.5) is 5.69 Å². The van der Waals surface area contributed by atoms with E-state index in [-0.39, 0.29) is 23.5 Å². The molecule has 10 heteroatoms. The fourth-order valence-electron chi connectivity index (χ4n) is 3.54. The van der Waals surface area contributed by atoms with Gasteiger partial charge >= 0.3 is 0 Å². The summed E-state index contributed by atoms with van der Waals surface area (Å²) in [4.78, 5) is 18.3. The number of hydrogen-bond donors (Lipinski definition) is 3. The lowest BCUT2D eigenvalue weighted by Crippen LogP contribution is -2.41. The number of nitrogens with zero attached hydrogens (tertiary/aromatic N) is 3. The number of nitrogens with one attached hydrogen (secondary N) is 1. The molecule has 1 aromatic heterocycles. The number of ether oxygens (including phenoxy) is 1. The number of likely N-dealkylation sites (tertiary alicyclic amines) is 1. The number of fused-ring (bicyclic) bond motifs is 1. The van der Waals surface area contributed by atoms with Crippen molar-refractivity contribution in [3.05, 3.63) is 47.7 Å². The van der Waals surface area contributed by atoms with E-state index in [9.17, 15) is 14.5 Å². The van der Waals surface area contributed by atoms with Gasteiger partial charge in [-0.2, -0.15) is 4.72 Å². The SMILES string of the molecule is NC1=N[S+]([O-])Nc2cccc(OCC3CCCN(C(=O)c4ccc(O)nc4)C3)c21. The molecule has 9 nitrogen and oxygen atoms in total. The predicted octanol–water partition coefficient (Wildman–Crippen LogP) is 1.43. The van der Waals surface area contributed by atoms with Crippen LogP contribution in [0.25, 0.3) is 0 Å². The molecule has 0 bridgehead atoms. The number of piperidine rings is 1. The molecule has 0 saturated carbocycles. The van der Waals surface area contributed by atoms with Crippen molar-refractivity contribution in [2.24, 2.45) is 16.0 Å². The topological polar surface area (TPSA) is 136 Å². The van der Waals surface area contributed by atoms with Gasteiger partial charge < -0.3 is 25.0 Å². The Labute approximate surface area is 171 Å². The number of amidine groups is 1. The molecular formula is C19H21N5O4S. The number of benzene rings is 1. The molecule has 4 N–H and O–H groups in total. The lowest BCUT2D eigenvalue weighted by molar-refractivity contribution is 0.0633. The van der Waals surface area contributed by atoms with Crippen LogP contribution in [0, 0.1) is 5.92 Å². The number of nitrogens with two attached hydrogens (primary N) is 1. The molecule has 2 aliphatic heterocycles. The quantitative estimate of drug-likeness (QED) is 0.643. The van der Waals surface area contributed by atoms with Gasteiger partial charge in [-0.05, 0) is 35.4 Å². The minimum Gasteiger partial charge on any atom is -0.566 e. The van der Waals surface area contributed by atoms with E-state index in [0.29, 0.717) is 42.3 Å². The standard InChI is InChI=1S/C19H21N5O4S/c20-18-17-14(22-29(27)23-18)4-1-5-15(17)28-11-12-3-2-8-24(10-12)19(26)13-6-7-16(25)21-9-13/h1,4-7,9,12,22H,2-3,8,10-11H2,(H2,20,23)(H,21,25). The van der Waals surface area contributed by atoms with E-state index in [1.807, 2.05) is 0 Å². The first-order valence-electron chi connectivity index (χ1n) is 9.24. The third kappa shape index (κ3) is 4.22. The van der Waals surface area contributed by atoms with Crippen LogP contribution in [-0.2, 0) is 11.5 Å². The summed E-state index contributed by atoms with van der Waals surface area (Å²) in [7, 11) is 0. The van der Waals surface area contributed by atoms with Gasteiger partial charge in [-0.3, -0.25) is 4.79 Å². The Morgan fingerprint density at radius 1 is 1.41 bits per heavy atom. The summed E-state index contributed by atoms with van der Waals surface area (Å²) < 4.78 is 24.3. The number of carbonyl (C=O) groups is 1. The van der Waals surface area contributed by atoms with Gasteiger partial charge in [0.15, 0.2) is 5.84 Å². The van der Waals surface area contributed by atoms with Crippen LogP contribution in [0.1, 0.15) is 28.8 Å². The van der Waals surface area contributed by atoms with Crippen LogP contribution in [0.2, 0.25) is 0 Å². The van der Waals surface area contributed by atoms with E-state index >= 15 is 0 Å². The van der Waals surface area contributed by atoms with Crippen molar-refractivity contribution in [1.82, 2.24) is 9.88 Å². The molecule has 1 aromatic carbocycles. The van der Waals surface area contributed by atoms with Crippen LogP contribution in [0.15, 0.2) is 40.9 Å². The number of aromatic hydroxyl groups is 1. The van der Waals surface area contributed by atoms with Crippen LogP contribution < -0.4 is 15.2 Å². The third-order valence-corrected chi connectivity index (χ3v) is 5.69. The molecular weight excluding hydrogens is 394 g/mol. The molecule has 3 heterocycles. The van der Waals surface area contributed by atoms with Crippen molar-refractivity contribution in [3.63, 3.8) is 0 Å². The highest BCUT2D eigenvalue weighted by molar-refractivity contribution is 7.91. The first-order chi connectivity index (χ1) is 14.0. The normalized spacial score (nSPS) is 21.0. The van der Waals surface area contributed by atoms with Gasteiger partial charge in [0.2, 0.25) is 17.4 Å². The molecule has 2 unspecified atom stereocenters. The molecule has 2 aromatic rings. The average Bonchev–Trinajstić information content (AvgIpc) is 2.72. The van der Waals surface area contributed by atoms with E-state index in [4.69, 9.17) is 10.5 Å². The van der Waals surface area contributed by atoms with Crippen LogP contribution in [-0.4, -0.2) is 51.0 Å². The van der Waals surface area contributed by atoms with Gasteiger partial charge in [-0.1, -0.05) is 6.07 Å². The summed E-state index contributed by atoms with van der Waals surface area (Å²) >= 11 is -1.59. The van der Waals surface area contributed by atoms with Crippen molar-refractivity contribution in [3.8, 4) is 11.6 Å². The Kier molecular flexibility index (Phi) is 5.45. The highest BCUT2D eigenvalue weighted by Crippen LogP contribution is 2.31. The molecule has 4 rings (SSSR count). The number of aromatic nitrogens is 1. The zero-order valence-electron chi connectivity index (χ0n) is 15.6. The number of hydrogen-bond acceptors (Lipinski definition) is 8. The molecule has 29 heavy (non-hydrogen) atoms. The van der Waals surface area contributed by atoms with Gasteiger partial charge in [-0.25, -0.2) is 4.98 Å². The summed E-state index contributed by atoms with van der Waals surface area (Å²) in [5, 5.41) is 9.30. The fourth-order valence-corrected chi connectivity index (χ4v) is 4.21. The van der Waals surface area contributed by atoms with Crippen molar-refractivity contribution >= 4 is 29.0 Å². The van der Waals surface area contributed by atoms with Crippen LogP contribution in [0.3, 0.4) is 0 Å². The Hall–Kier alpha value is -2.98. The maximum absolute atomic E-state index is 12.7. The Bertz CT molecular complexity index is 937. The highest BCUT2D eigenvalue weighted by Gasteiger charge is 2.27. The smallest absolute Gasteiger partial charge is 0.255 e. The van der Waals surface area contributed by atoms with Crippen molar-refractivity contribution in [1.29, 1.82) is 0 Å². The van der Waals surface area contributed by atoms with E-state index in [1.54, 1.807) is 29.2 Å². The number of rotatable bonds is 4. The Balaban J connectivity index is 1.41. The molecule has 1 amide bonds. The zero-order valence-corrected chi connectivity index (χ0v) is 16.4. The molecule has 0 radical (unpaired) electrons. The monoisotopic (exact) mass is 415 g/mol. The number of amides is 1. The van der Waals surface area contributed by atoms with Gasteiger partial charge in [-0.15, -0.1) is 0 Å². The van der Waals surface area contributed by atoms with E-state index in [0.717, 1.165) is 12.8 Å². The third-order valence-electron chi connectivity index (χ3n) is 4.94. The van der Waals surface area contributed by atoms with Crippen molar-refractivity contribution in [2.45, 2.75) is 12.8 Å². The summed E-state index contributed by atoms with van der Waals surface area (Å²) in [5.74, 6) is 0.686. The largest absolute Gasteiger partial charge is 0.566 e. The lowest BCUT2D eigenvalue weighted by atomic mass is 9.98. The van der Waals surface area contributed by atoms with Gasteiger partial charge in [0.25, 0.3) is 5.91 Å². The number of anilines is 1. The second-order valence-corrected chi connectivity index (χ2v) is 7.87. The summed E-state index contributed by atoms with van der Waals surface area (Å²) in [6, 6.07) is 8.34. The first-order valence-corrected chi connectivity index (χ1v) is 10.3. The second-order valence-electron chi connectivity index (χ2n) is 6.98. The molecule has 1 saturated heterocycles. The van der Waals surface area contributed by atoms with Gasteiger partial charge in [0.1, 0.15) is 5.75 Å². The summed E-state index contributed by atoms with van der Waals surface area (Å²) in [5.41, 5.74) is 7.61. The molecule has 2 aliphatic rings. The van der Waals surface area contributed by atoms with E-state index in [1.165, 1.54) is 12.3 Å². The lowest BCUT2D eigenvalue weighted by Gasteiger charge is -2.33. The van der Waals surface area contributed by atoms with Crippen molar-refractivity contribution < 1.29 is 19.2 Å². The van der Waals surface area contributed by atoms with Crippen LogP contribution in [0.5, 0.6) is 11.6 Å². The minimum absolute atomic E-state index is 0.109. The highest BCUT2D eigenvalue weighted by atomic mass is 32.2. The molecule has 0 aliphatic carbocycles. The van der Waals surface area contributed by atoms with Crippen LogP contribution >= 0.6 is 0 Å². The summed E-state index contributed by atoms with van der Waals surface area (Å²) in [6.07, 6.45) is 3.20. The molecule has 2 atom stereocenters. The van der Waals surface area contributed by atoms with Gasteiger partial charge in [0, 0.05) is 31.3 Å². The number of carbonyl (C=O) groups excluding carboxylic acids is 1. The Morgan fingerprint density at radius 2 is 2.28 bits per heavy atom. The van der Waals surface area contributed by atoms with E-state index < -0.39 is 11.5 Å². The van der Waals surface area contributed by atoms with Gasteiger partial charge in [0.05, 0.1) is 23.4 Å². The van der Waals surface area contributed by atoms with Crippen molar-refractivity contribution in [2.75, 3.05) is 24.4 Å². The maximum atomic E-state index is 12.7. The Morgan fingerprint density at radius 3 is 3.07 bits per heavy atom. The maximum Gasteiger partial charge on any atom is 0.255 e. The predicted molar refractivity (Wildman–Crippen MR) is 109 cm³/mol. The second kappa shape index (κ2) is 8.18. The summed E-state index contributed by atoms with van der Waals surface area (Å²) in [6.45, 7) is 1.66. The zero-order chi connectivity index (χ0) is 20.4.